The summed E-state index contributed by atoms with van der Waals surface area (Å²) < 4.78 is 5.69. The molecule has 0 bridgehead atoms. The van der Waals surface area contributed by atoms with Gasteiger partial charge in [0.05, 0.1) is 18.9 Å². The summed E-state index contributed by atoms with van der Waals surface area (Å²) in [6.07, 6.45) is 2.54. The molecule has 0 amide bonds. The van der Waals surface area contributed by atoms with E-state index in [0.29, 0.717) is 6.04 Å². The highest BCUT2D eigenvalue weighted by atomic mass is 16.5. The third kappa shape index (κ3) is 3.67. The zero-order valence-electron chi connectivity index (χ0n) is 12.4. The van der Waals surface area contributed by atoms with Gasteiger partial charge in [0.1, 0.15) is 0 Å². The second kappa shape index (κ2) is 5.87. The van der Waals surface area contributed by atoms with Crippen molar-refractivity contribution >= 4 is 0 Å². The highest BCUT2D eigenvalue weighted by Crippen LogP contribution is 2.33. The van der Waals surface area contributed by atoms with Crippen LogP contribution in [0.1, 0.15) is 26.7 Å². The zero-order chi connectivity index (χ0) is 13.2. The van der Waals surface area contributed by atoms with E-state index in [1.165, 1.54) is 19.4 Å². The molecule has 0 saturated carbocycles. The molecule has 2 aliphatic heterocycles. The first-order chi connectivity index (χ1) is 8.52. The summed E-state index contributed by atoms with van der Waals surface area (Å²) in [5.41, 5.74) is 0.253. The van der Waals surface area contributed by atoms with Crippen molar-refractivity contribution in [1.82, 2.24) is 15.1 Å². The number of nitrogens with zero attached hydrogens (tertiary/aromatic N) is 2. The minimum absolute atomic E-state index is 0.253. The predicted octanol–water partition coefficient (Wildman–Crippen LogP) is 0.985. The molecule has 4 heteroatoms. The van der Waals surface area contributed by atoms with Gasteiger partial charge >= 0.3 is 0 Å². The van der Waals surface area contributed by atoms with Gasteiger partial charge < -0.3 is 9.64 Å². The Morgan fingerprint density at radius 2 is 2.11 bits per heavy atom. The van der Waals surface area contributed by atoms with Crippen LogP contribution in [0.5, 0.6) is 0 Å². The van der Waals surface area contributed by atoms with E-state index in [0.717, 1.165) is 32.2 Å². The summed E-state index contributed by atoms with van der Waals surface area (Å²) >= 11 is 0. The van der Waals surface area contributed by atoms with Gasteiger partial charge in [0, 0.05) is 25.7 Å². The normalized spacial score (nSPS) is 37.8. The molecule has 3 unspecified atom stereocenters. The maximum Gasteiger partial charge on any atom is 0.0845 e. The molecule has 4 nitrogen and oxygen atoms in total. The van der Waals surface area contributed by atoms with Gasteiger partial charge in [-0.25, -0.2) is 0 Å². The van der Waals surface area contributed by atoms with Crippen molar-refractivity contribution in [3.63, 3.8) is 0 Å². The quantitative estimate of drug-likeness (QED) is 0.741. The second-order valence-corrected chi connectivity index (χ2v) is 6.50. The van der Waals surface area contributed by atoms with Crippen molar-refractivity contribution in [2.24, 2.45) is 5.92 Å². The maximum atomic E-state index is 5.69. The van der Waals surface area contributed by atoms with Gasteiger partial charge in [-0.1, -0.05) is 13.8 Å². The smallest absolute Gasteiger partial charge is 0.0845 e. The minimum Gasteiger partial charge on any atom is -0.378 e. The average Bonchev–Trinajstić information content (AvgIpc) is 2.97. The van der Waals surface area contributed by atoms with E-state index in [2.05, 4.69) is 43.1 Å². The van der Waals surface area contributed by atoms with E-state index in [1.807, 2.05) is 0 Å². The molecule has 3 atom stereocenters. The van der Waals surface area contributed by atoms with Gasteiger partial charge in [0.25, 0.3) is 0 Å². The average molecular weight is 255 g/mol. The van der Waals surface area contributed by atoms with E-state index in [4.69, 9.17) is 4.74 Å². The van der Waals surface area contributed by atoms with Crippen molar-refractivity contribution < 1.29 is 4.74 Å². The van der Waals surface area contributed by atoms with Crippen molar-refractivity contribution in [1.29, 1.82) is 0 Å². The summed E-state index contributed by atoms with van der Waals surface area (Å²) in [5, 5.41) is 3.84. The van der Waals surface area contributed by atoms with Crippen LogP contribution < -0.4 is 5.32 Å². The van der Waals surface area contributed by atoms with Gasteiger partial charge in [0.15, 0.2) is 0 Å². The molecule has 0 aromatic heterocycles. The lowest BCUT2D eigenvalue weighted by molar-refractivity contribution is 0.122. The van der Waals surface area contributed by atoms with E-state index >= 15 is 0 Å². The lowest BCUT2D eigenvalue weighted by atomic mass is 10.0. The summed E-state index contributed by atoms with van der Waals surface area (Å²) in [4.78, 5) is 4.80. The van der Waals surface area contributed by atoms with Crippen LogP contribution in [0.15, 0.2) is 0 Å². The lowest BCUT2D eigenvalue weighted by Gasteiger charge is -2.27. The van der Waals surface area contributed by atoms with Crippen LogP contribution in [0.2, 0.25) is 0 Å². The fourth-order valence-corrected chi connectivity index (χ4v) is 2.82. The number of hydrogen-bond donors (Lipinski definition) is 1. The van der Waals surface area contributed by atoms with E-state index in [9.17, 15) is 0 Å². The standard InChI is InChI=1S/C14H29N3O/c1-12(2)5-6-14(11-17(14)4)15-13-9-16(3)7-8-18-10-13/h12-13,15H,5-11H2,1-4H3. The minimum atomic E-state index is 0.253. The topological polar surface area (TPSA) is 27.5 Å². The van der Waals surface area contributed by atoms with Crippen molar-refractivity contribution in [3.8, 4) is 0 Å². The molecule has 0 aliphatic carbocycles. The van der Waals surface area contributed by atoms with Crippen molar-refractivity contribution in [2.75, 3.05) is 46.9 Å². The van der Waals surface area contributed by atoms with Crippen LogP contribution in [-0.2, 0) is 4.74 Å². The summed E-state index contributed by atoms with van der Waals surface area (Å²) in [5.74, 6) is 0.783. The Labute approximate surface area is 112 Å². The first-order valence-corrected chi connectivity index (χ1v) is 7.27. The van der Waals surface area contributed by atoms with E-state index in [1.54, 1.807) is 0 Å². The fraction of sp³-hybridized carbons (Fsp3) is 1.00. The molecule has 0 aromatic rings. The number of nitrogens with one attached hydrogen (secondary N) is 1. The summed E-state index contributed by atoms with van der Waals surface area (Å²) in [7, 11) is 4.40. The Hall–Kier alpha value is -0.160. The zero-order valence-corrected chi connectivity index (χ0v) is 12.4. The molecule has 0 radical (unpaired) electrons. The first kappa shape index (κ1) is 14.3. The van der Waals surface area contributed by atoms with Crippen LogP contribution in [-0.4, -0.2) is 68.4 Å². The van der Waals surface area contributed by atoms with Gasteiger partial charge in [-0.2, -0.15) is 0 Å². The third-order valence-electron chi connectivity index (χ3n) is 4.20. The first-order valence-electron chi connectivity index (χ1n) is 7.27. The highest BCUT2D eigenvalue weighted by Gasteiger charge is 2.49. The number of hydrogen-bond acceptors (Lipinski definition) is 4. The van der Waals surface area contributed by atoms with Gasteiger partial charge in [0.2, 0.25) is 0 Å². The summed E-state index contributed by atoms with van der Waals surface area (Å²) in [6, 6.07) is 0.467. The Morgan fingerprint density at radius 3 is 2.72 bits per heavy atom. The Morgan fingerprint density at radius 1 is 1.39 bits per heavy atom. The molecule has 2 fully saturated rings. The third-order valence-corrected chi connectivity index (χ3v) is 4.20. The molecule has 2 rings (SSSR count). The number of likely N-dealkylation sites (N-methyl/N-ethyl adjacent to an activating group) is 2. The Kier molecular flexibility index (Phi) is 4.64. The largest absolute Gasteiger partial charge is 0.378 e. The van der Waals surface area contributed by atoms with Gasteiger partial charge in [-0.15, -0.1) is 0 Å². The SMILES string of the molecule is CC(C)CCC1(NC2COCCN(C)C2)CN1C. The molecule has 18 heavy (non-hydrogen) atoms. The van der Waals surface area contributed by atoms with Crippen LogP contribution in [0.25, 0.3) is 0 Å². The maximum absolute atomic E-state index is 5.69. The molecule has 106 valence electrons. The molecule has 1 N–H and O–H groups in total. The predicted molar refractivity (Wildman–Crippen MR) is 74.7 cm³/mol. The second-order valence-electron chi connectivity index (χ2n) is 6.50. The monoisotopic (exact) mass is 255 g/mol. The van der Waals surface area contributed by atoms with Crippen molar-refractivity contribution in [2.45, 2.75) is 38.4 Å². The molecule has 2 saturated heterocycles. The fourth-order valence-electron chi connectivity index (χ4n) is 2.82. The van der Waals surface area contributed by atoms with E-state index < -0.39 is 0 Å². The van der Waals surface area contributed by atoms with E-state index in [-0.39, 0.29) is 5.66 Å². The van der Waals surface area contributed by atoms with Crippen LogP contribution in [0.3, 0.4) is 0 Å². The molecule has 2 heterocycles. The molecule has 0 spiro atoms. The number of rotatable bonds is 5. The molecule has 0 aromatic carbocycles. The van der Waals surface area contributed by atoms with Crippen LogP contribution in [0.4, 0.5) is 0 Å². The van der Waals surface area contributed by atoms with Crippen molar-refractivity contribution in [3.05, 3.63) is 0 Å². The van der Waals surface area contributed by atoms with Crippen LogP contribution >= 0.6 is 0 Å². The summed E-state index contributed by atoms with van der Waals surface area (Å²) in [6.45, 7) is 9.65. The Bertz CT molecular complexity index is 272. The number of ether oxygens (including phenoxy) is 1. The lowest BCUT2D eigenvalue weighted by Crippen LogP contribution is -2.49. The van der Waals surface area contributed by atoms with Gasteiger partial charge in [-0.05, 0) is 32.9 Å². The Balaban J connectivity index is 1.85. The molecular weight excluding hydrogens is 226 g/mol. The molecule has 2 aliphatic rings. The van der Waals surface area contributed by atoms with Crippen LogP contribution in [0, 0.1) is 5.92 Å². The molecular formula is C14H29N3O. The van der Waals surface area contributed by atoms with Gasteiger partial charge in [-0.3, -0.25) is 10.2 Å². The highest BCUT2D eigenvalue weighted by molar-refractivity contribution is 5.04.